The lowest BCUT2D eigenvalue weighted by molar-refractivity contribution is 0.195. The minimum absolute atomic E-state index is 0.0287. The Balaban J connectivity index is 2.18. The van der Waals surface area contributed by atoms with Crippen LogP contribution in [0.4, 0.5) is 4.39 Å². The Morgan fingerprint density at radius 2 is 2.05 bits per heavy atom. The molecule has 3 heteroatoms. The van der Waals surface area contributed by atoms with E-state index in [1.807, 2.05) is 12.1 Å². The quantitative estimate of drug-likeness (QED) is 0.855. The smallest absolute Gasteiger partial charge is 0.128 e. The average Bonchev–Trinajstić information content (AvgIpc) is 3.07. The highest BCUT2D eigenvalue weighted by Gasteiger charge is 2.36. The molecule has 4 atom stereocenters. The average molecular weight is 264 g/mol. The highest BCUT2D eigenvalue weighted by atomic mass is 19.1. The molecule has 2 rings (SSSR count). The lowest BCUT2D eigenvalue weighted by Gasteiger charge is -2.33. The first-order valence-electron chi connectivity index (χ1n) is 7.24. The summed E-state index contributed by atoms with van der Waals surface area (Å²) < 4.78 is 14.0. The van der Waals surface area contributed by atoms with E-state index in [-0.39, 0.29) is 17.9 Å². The van der Waals surface area contributed by atoms with Crippen LogP contribution in [0.5, 0.6) is 0 Å². The zero-order valence-electron chi connectivity index (χ0n) is 12.1. The molecule has 2 N–H and O–H groups in total. The van der Waals surface area contributed by atoms with E-state index in [0.717, 1.165) is 30.4 Å². The van der Waals surface area contributed by atoms with E-state index in [1.54, 1.807) is 6.07 Å². The van der Waals surface area contributed by atoms with Gasteiger partial charge in [-0.15, -0.1) is 0 Å². The number of hydrogen-bond donors (Lipinski definition) is 1. The van der Waals surface area contributed by atoms with Gasteiger partial charge >= 0.3 is 0 Å². The Hall–Kier alpha value is -0.930. The molecule has 0 heterocycles. The molecule has 0 aliphatic heterocycles. The van der Waals surface area contributed by atoms with Crippen LogP contribution in [0.1, 0.15) is 38.3 Å². The molecule has 1 aromatic rings. The van der Waals surface area contributed by atoms with Crippen molar-refractivity contribution in [2.45, 2.75) is 38.8 Å². The SMILES string of the molecule is CCC(N)C(c1ccccc1F)N(C)CC1CC1C. The highest BCUT2D eigenvalue weighted by molar-refractivity contribution is 5.23. The first-order chi connectivity index (χ1) is 9.04. The van der Waals surface area contributed by atoms with Crippen molar-refractivity contribution < 1.29 is 4.39 Å². The summed E-state index contributed by atoms with van der Waals surface area (Å²) in [6, 6.07) is 6.95. The third-order valence-electron chi connectivity index (χ3n) is 4.37. The fourth-order valence-corrected chi connectivity index (χ4v) is 2.87. The van der Waals surface area contributed by atoms with Gasteiger partial charge in [0.2, 0.25) is 0 Å². The number of rotatable bonds is 6. The van der Waals surface area contributed by atoms with Gasteiger partial charge in [0.1, 0.15) is 5.82 Å². The molecule has 1 aliphatic rings. The molecule has 1 fully saturated rings. The zero-order chi connectivity index (χ0) is 14.0. The molecule has 0 saturated heterocycles. The van der Waals surface area contributed by atoms with Gasteiger partial charge in [0, 0.05) is 18.2 Å². The Bertz CT molecular complexity index is 421. The van der Waals surface area contributed by atoms with Gasteiger partial charge in [-0.3, -0.25) is 4.90 Å². The van der Waals surface area contributed by atoms with Crippen LogP contribution >= 0.6 is 0 Å². The number of nitrogens with two attached hydrogens (primary N) is 1. The maximum Gasteiger partial charge on any atom is 0.128 e. The molecule has 4 unspecified atom stereocenters. The largest absolute Gasteiger partial charge is 0.326 e. The summed E-state index contributed by atoms with van der Waals surface area (Å²) in [6.45, 7) is 5.34. The fourth-order valence-electron chi connectivity index (χ4n) is 2.87. The van der Waals surface area contributed by atoms with Crippen LogP contribution in [-0.4, -0.2) is 24.5 Å². The molecule has 1 aliphatic carbocycles. The van der Waals surface area contributed by atoms with Crippen molar-refractivity contribution in [1.82, 2.24) is 4.90 Å². The van der Waals surface area contributed by atoms with E-state index >= 15 is 0 Å². The Kier molecular flexibility index (Phi) is 4.58. The van der Waals surface area contributed by atoms with Crippen molar-refractivity contribution in [1.29, 1.82) is 0 Å². The lowest BCUT2D eigenvalue weighted by Crippen LogP contribution is -2.40. The van der Waals surface area contributed by atoms with Crippen LogP contribution in [0.2, 0.25) is 0 Å². The van der Waals surface area contributed by atoms with Gasteiger partial charge in [-0.25, -0.2) is 4.39 Å². The number of likely N-dealkylation sites (N-methyl/N-ethyl adjacent to an activating group) is 1. The summed E-state index contributed by atoms with van der Waals surface area (Å²) in [4.78, 5) is 2.24. The summed E-state index contributed by atoms with van der Waals surface area (Å²) >= 11 is 0. The van der Waals surface area contributed by atoms with E-state index in [9.17, 15) is 4.39 Å². The summed E-state index contributed by atoms with van der Waals surface area (Å²) in [6.07, 6.45) is 2.14. The number of nitrogens with zero attached hydrogens (tertiary/aromatic N) is 1. The molecular formula is C16H25FN2. The number of hydrogen-bond acceptors (Lipinski definition) is 2. The summed E-state index contributed by atoms with van der Waals surface area (Å²) in [5, 5.41) is 0. The van der Waals surface area contributed by atoms with E-state index < -0.39 is 0 Å². The van der Waals surface area contributed by atoms with E-state index in [1.165, 1.54) is 12.5 Å². The molecule has 0 bridgehead atoms. The first-order valence-corrected chi connectivity index (χ1v) is 7.24. The summed E-state index contributed by atoms with van der Waals surface area (Å²) in [5.74, 6) is 1.41. The van der Waals surface area contributed by atoms with Crippen molar-refractivity contribution in [3.63, 3.8) is 0 Å². The number of benzene rings is 1. The van der Waals surface area contributed by atoms with Crippen LogP contribution in [0.25, 0.3) is 0 Å². The molecule has 19 heavy (non-hydrogen) atoms. The second-order valence-electron chi connectivity index (χ2n) is 5.95. The molecule has 0 aromatic heterocycles. The van der Waals surface area contributed by atoms with Gasteiger partial charge in [-0.1, -0.05) is 32.0 Å². The second-order valence-corrected chi connectivity index (χ2v) is 5.95. The van der Waals surface area contributed by atoms with Crippen molar-refractivity contribution in [3.05, 3.63) is 35.6 Å². The molecule has 0 amide bonds. The zero-order valence-corrected chi connectivity index (χ0v) is 12.1. The van der Waals surface area contributed by atoms with Crippen molar-refractivity contribution in [2.24, 2.45) is 17.6 Å². The highest BCUT2D eigenvalue weighted by Crippen LogP contribution is 2.39. The predicted molar refractivity (Wildman–Crippen MR) is 77.3 cm³/mol. The predicted octanol–water partition coefficient (Wildman–Crippen LogP) is 3.19. The summed E-state index contributed by atoms with van der Waals surface area (Å²) in [7, 11) is 2.07. The molecule has 2 nitrogen and oxygen atoms in total. The van der Waals surface area contributed by atoms with Gasteiger partial charge in [0.05, 0.1) is 6.04 Å². The van der Waals surface area contributed by atoms with Gasteiger partial charge in [-0.2, -0.15) is 0 Å². The van der Waals surface area contributed by atoms with E-state index in [4.69, 9.17) is 5.73 Å². The molecule has 0 spiro atoms. The van der Waals surface area contributed by atoms with Gasteiger partial charge < -0.3 is 5.73 Å². The van der Waals surface area contributed by atoms with Crippen molar-refractivity contribution >= 4 is 0 Å². The van der Waals surface area contributed by atoms with Gasteiger partial charge in [-0.05, 0) is 37.8 Å². The Morgan fingerprint density at radius 1 is 1.42 bits per heavy atom. The standard InChI is InChI=1S/C16H25FN2/c1-4-15(18)16(13-7-5-6-8-14(13)17)19(3)10-12-9-11(12)2/h5-8,11-12,15-16H,4,9-10,18H2,1-3H3. The molecule has 1 aromatic carbocycles. The maximum absolute atomic E-state index is 14.0. The maximum atomic E-state index is 14.0. The molecule has 106 valence electrons. The fraction of sp³-hybridized carbons (Fsp3) is 0.625. The van der Waals surface area contributed by atoms with E-state index in [0.29, 0.717) is 0 Å². The van der Waals surface area contributed by atoms with Crippen LogP contribution < -0.4 is 5.73 Å². The van der Waals surface area contributed by atoms with Crippen LogP contribution in [0.3, 0.4) is 0 Å². The van der Waals surface area contributed by atoms with Crippen LogP contribution in [0, 0.1) is 17.7 Å². The molecule has 1 saturated carbocycles. The normalized spacial score (nSPS) is 25.4. The molecular weight excluding hydrogens is 239 g/mol. The lowest BCUT2D eigenvalue weighted by atomic mass is 9.96. The first kappa shape index (κ1) is 14.5. The second kappa shape index (κ2) is 6.02. The Labute approximate surface area is 115 Å². The van der Waals surface area contributed by atoms with Gasteiger partial charge in [0.15, 0.2) is 0 Å². The Morgan fingerprint density at radius 3 is 2.58 bits per heavy atom. The monoisotopic (exact) mass is 264 g/mol. The molecule has 0 radical (unpaired) electrons. The topological polar surface area (TPSA) is 29.3 Å². The van der Waals surface area contributed by atoms with E-state index in [2.05, 4.69) is 25.8 Å². The summed E-state index contributed by atoms with van der Waals surface area (Å²) in [5.41, 5.74) is 6.97. The third-order valence-corrected chi connectivity index (χ3v) is 4.37. The van der Waals surface area contributed by atoms with Crippen LogP contribution in [0.15, 0.2) is 24.3 Å². The van der Waals surface area contributed by atoms with Crippen LogP contribution in [-0.2, 0) is 0 Å². The minimum atomic E-state index is -0.146. The van der Waals surface area contributed by atoms with Crippen molar-refractivity contribution in [3.8, 4) is 0 Å². The minimum Gasteiger partial charge on any atom is -0.326 e. The third kappa shape index (κ3) is 3.34. The van der Waals surface area contributed by atoms with Gasteiger partial charge in [0.25, 0.3) is 0 Å². The van der Waals surface area contributed by atoms with Crippen molar-refractivity contribution in [2.75, 3.05) is 13.6 Å². The number of halogens is 1.